The van der Waals surface area contributed by atoms with Gasteiger partial charge in [0, 0.05) is 38.4 Å². The molecule has 42 heavy (non-hydrogen) atoms. The number of para-hydroxylation sites is 2. The molecule has 8 rings (SSSR count). The molecule has 8 aromatic rings. The first-order valence-electron chi connectivity index (χ1n) is 13.9. The molecule has 0 saturated heterocycles. The van der Waals surface area contributed by atoms with Crippen LogP contribution in [0.1, 0.15) is 0 Å². The Morgan fingerprint density at radius 2 is 0.833 bits per heavy atom. The van der Waals surface area contributed by atoms with E-state index in [1.165, 1.54) is 0 Å². The molecule has 196 valence electrons. The molecular weight excluding hydrogens is 514 g/mol. The van der Waals surface area contributed by atoms with Crippen molar-refractivity contribution in [3.05, 3.63) is 140 Å². The first-order valence-corrected chi connectivity index (χ1v) is 13.9. The van der Waals surface area contributed by atoms with Crippen LogP contribution in [0, 0.1) is 0 Å². The quantitative estimate of drug-likeness (QED) is 0.166. The molecule has 5 heteroatoms. The molecule has 0 radical (unpaired) electrons. The van der Waals surface area contributed by atoms with Gasteiger partial charge in [-0.05, 0) is 18.2 Å². The molecule has 0 N–H and O–H groups in total. The highest BCUT2D eigenvalue weighted by Gasteiger charge is 2.15. The lowest BCUT2D eigenvalue weighted by atomic mass is 10.0. The maximum Gasteiger partial charge on any atom is 0.164 e. The van der Waals surface area contributed by atoms with Crippen LogP contribution in [0.4, 0.5) is 0 Å². The van der Waals surface area contributed by atoms with E-state index in [9.17, 15) is 0 Å². The van der Waals surface area contributed by atoms with Crippen LogP contribution in [-0.4, -0.2) is 24.9 Å². The van der Waals surface area contributed by atoms with Gasteiger partial charge in [-0.2, -0.15) is 0 Å². The molecule has 0 amide bonds. The highest BCUT2D eigenvalue weighted by molar-refractivity contribution is 6.11. The summed E-state index contributed by atoms with van der Waals surface area (Å²) in [6.45, 7) is 0. The standard InChI is InChI=1S/C37H23N5/c1-3-11-25(12-4-1)35-40-36(26-13-5-2-6-14-26)42-37(41-35)27-21-19-24(20-22-27)33-30-23-28-15-7-9-17-31(28)38-34(30)29-16-8-10-18-32(29)39-33/h1-23H. The second kappa shape index (κ2) is 9.98. The minimum absolute atomic E-state index is 0.623. The van der Waals surface area contributed by atoms with Crippen molar-refractivity contribution >= 4 is 32.7 Å². The van der Waals surface area contributed by atoms with E-state index in [-0.39, 0.29) is 0 Å². The van der Waals surface area contributed by atoms with Gasteiger partial charge in [0.15, 0.2) is 17.5 Å². The van der Waals surface area contributed by atoms with Crippen LogP contribution in [0.3, 0.4) is 0 Å². The van der Waals surface area contributed by atoms with E-state index in [1.54, 1.807) is 0 Å². The van der Waals surface area contributed by atoms with E-state index in [1.807, 2.05) is 91.0 Å². The van der Waals surface area contributed by atoms with Crippen LogP contribution in [-0.2, 0) is 0 Å². The monoisotopic (exact) mass is 537 g/mol. The van der Waals surface area contributed by atoms with Crippen molar-refractivity contribution in [2.24, 2.45) is 0 Å². The molecule has 0 saturated carbocycles. The van der Waals surface area contributed by atoms with Crippen molar-refractivity contribution in [2.45, 2.75) is 0 Å². The van der Waals surface area contributed by atoms with Gasteiger partial charge in [-0.25, -0.2) is 24.9 Å². The predicted molar refractivity (Wildman–Crippen MR) is 170 cm³/mol. The Morgan fingerprint density at radius 3 is 1.48 bits per heavy atom. The first-order chi connectivity index (χ1) is 20.8. The fourth-order valence-electron chi connectivity index (χ4n) is 5.39. The summed E-state index contributed by atoms with van der Waals surface area (Å²) >= 11 is 0. The zero-order valence-corrected chi connectivity index (χ0v) is 22.5. The summed E-state index contributed by atoms with van der Waals surface area (Å²) in [5, 5.41) is 3.16. The van der Waals surface area contributed by atoms with Gasteiger partial charge in [0.25, 0.3) is 0 Å². The average molecular weight is 538 g/mol. The van der Waals surface area contributed by atoms with Gasteiger partial charge in [-0.15, -0.1) is 0 Å². The smallest absolute Gasteiger partial charge is 0.164 e. The number of fused-ring (bicyclic) bond motifs is 4. The van der Waals surface area contributed by atoms with Gasteiger partial charge in [0.2, 0.25) is 0 Å². The van der Waals surface area contributed by atoms with Crippen LogP contribution < -0.4 is 0 Å². The van der Waals surface area contributed by atoms with Crippen molar-refractivity contribution in [1.29, 1.82) is 0 Å². The van der Waals surface area contributed by atoms with Gasteiger partial charge >= 0.3 is 0 Å². The Hall–Kier alpha value is -5.81. The zero-order valence-electron chi connectivity index (χ0n) is 22.5. The molecule has 3 heterocycles. The van der Waals surface area contributed by atoms with Gasteiger partial charge in [-0.1, -0.05) is 121 Å². The minimum Gasteiger partial charge on any atom is -0.247 e. The molecule has 0 aliphatic rings. The Labute approximate surface area is 242 Å². The molecule has 3 aromatic heterocycles. The molecule has 0 spiro atoms. The number of nitrogens with zero attached hydrogens (tertiary/aromatic N) is 5. The molecule has 0 unspecified atom stereocenters. The summed E-state index contributed by atoms with van der Waals surface area (Å²) < 4.78 is 0. The van der Waals surface area contributed by atoms with Crippen molar-refractivity contribution in [1.82, 2.24) is 24.9 Å². The predicted octanol–water partition coefficient (Wildman–Crippen LogP) is 8.79. The fourth-order valence-corrected chi connectivity index (χ4v) is 5.39. The minimum atomic E-state index is 0.623. The number of hydrogen-bond donors (Lipinski definition) is 0. The molecule has 0 aliphatic carbocycles. The van der Waals surface area contributed by atoms with E-state index in [4.69, 9.17) is 24.9 Å². The summed E-state index contributed by atoms with van der Waals surface area (Å²) in [7, 11) is 0. The lowest BCUT2D eigenvalue weighted by Crippen LogP contribution is -2.00. The Kier molecular flexibility index (Phi) is 5.71. The van der Waals surface area contributed by atoms with Crippen molar-refractivity contribution in [2.75, 3.05) is 0 Å². The molecule has 0 bridgehead atoms. The maximum atomic E-state index is 5.11. The third kappa shape index (κ3) is 4.25. The van der Waals surface area contributed by atoms with Crippen molar-refractivity contribution in [3.8, 4) is 45.4 Å². The topological polar surface area (TPSA) is 64.5 Å². The Balaban J connectivity index is 1.28. The van der Waals surface area contributed by atoms with Gasteiger partial charge < -0.3 is 0 Å². The van der Waals surface area contributed by atoms with E-state index in [0.717, 1.165) is 60.7 Å². The average Bonchev–Trinajstić information content (AvgIpc) is 3.08. The van der Waals surface area contributed by atoms with E-state index in [0.29, 0.717) is 17.5 Å². The summed E-state index contributed by atoms with van der Waals surface area (Å²) in [6, 6.07) is 47.0. The summed E-state index contributed by atoms with van der Waals surface area (Å²) in [6.07, 6.45) is 0. The van der Waals surface area contributed by atoms with Crippen molar-refractivity contribution in [3.63, 3.8) is 0 Å². The second-order valence-electron chi connectivity index (χ2n) is 10.2. The first kappa shape index (κ1) is 24.0. The summed E-state index contributed by atoms with van der Waals surface area (Å²) in [5.74, 6) is 1.91. The van der Waals surface area contributed by atoms with E-state index in [2.05, 4.69) is 48.5 Å². The number of hydrogen-bond acceptors (Lipinski definition) is 5. The highest BCUT2D eigenvalue weighted by atomic mass is 15.0. The second-order valence-corrected chi connectivity index (χ2v) is 10.2. The normalized spacial score (nSPS) is 11.3. The molecule has 0 fully saturated rings. The highest BCUT2D eigenvalue weighted by Crippen LogP contribution is 2.34. The van der Waals surface area contributed by atoms with Gasteiger partial charge in [-0.3, -0.25) is 0 Å². The molecule has 5 nitrogen and oxygen atoms in total. The zero-order chi connectivity index (χ0) is 27.9. The van der Waals surface area contributed by atoms with Gasteiger partial charge in [0.1, 0.15) is 0 Å². The molecular formula is C37H23N5. The lowest BCUT2D eigenvalue weighted by Gasteiger charge is -2.12. The third-order valence-electron chi connectivity index (χ3n) is 7.49. The Bertz CT molecular complexity index is 2170. The molecule has 0 aliphatic heterocycles. The Morgan fingerprint density at radius 1 is 0.333 bits per heavy atom. The SMILES string of the molecule is c1ccc(-c2nc(-c3ccccc3)nc(-c3ccc(-c4nc5ccccc5c5nc6ccccc6cc45)cc3)n2)cc1. The van der Waals surface area contributed by atoms with E-state index >= 15 is 0 Å². The maximum absolute atomic E-state index is 5.11. The largest absolute Gasteiger partial charge is 0.247 e. The van der Waals surface area contributed by atoms with Crippen molar-refractivity contribution < 1.29 is 0 Å². The fraction of sp³-hybridized carbons (Fsp3) is 0. The third-order valence-corrected chi connectivity index (χ3v) is 7.49. The number of benzene rings is 5. The number of rotatable bonds is 4. The van der Waals surface area contributed by atoms with E-state index < -0.39 is 0 Å². The number of aromatic nitrogens is 5. The van der Waals surface area contributed by atoms with Crippen LogP contribution in [0.15, 0.2) is 140 Å². The number of pyridine rings is 2. The molecule has 5 aromatic carbocycles. The van der Waals surface area contributed by atoms with Crippen LogP contribution in [0.25, 0.3) is 78.1 Å². The lowest BCUT2D eigenvalue weighted by molar-refractivity contribution is 1.07. The molecule has 0 atom stereocenters. The van der Waals surface area contributed by atoms with Crippen LogP contribution in [0.5, 0.6) is 0 Å². The van der Waals surface area contributed by atoms with Crippen LogP contribution >= 0.6 is 0 Å². The van der Waals surface area contributed by atoms with Crippen LogP contribution in [0.2, 0.25) is 0 Å². The summed E-state index contributed by atoms with van der Waals surface area (Å²) in [4.78, 5) is 24.7. The van der Waals surface area contributed by atoms with Gasteiger partial charge in [0.05, 0.1) is 22.2 Å². The summed E-state index contributed by atoms with van der Waals surface area (Å²) in [5.41, 5.74) is 7.56.